The number of aliphatic hydroxyl groups is 5. The van der Waals surface area contributed by atoms with Crippen molar-refractivity contribution in [2.75, 3.05) is 26.2 Å². The van der Waals surface area contributed by atoms with Crippen LogP contribution >= 0.6 is 0 Å². The Kier molecular flexibility index (Phi) is 12.6. The molecule has 0 bridgehead atoms. The Labute approximate surface area is 266 Å². The van der Waals surface area contributed by atoms with Gasteiger partial charge in [-0.3, -0.25) is 10.2 Å². The van der Waals surface area contributed by atoms with E-state index in [2.05, 4.69) is 16.0 Å². The molecule has 1 saturated heterocycles. The number of hydrogen-bond acceptors (Lipinski definition) is 15. The van der Waals surface area contributed by atoms with E-state index in [1.165, 1.54) is 0 Å². The number of guanidine groups is 1. The van der Waals surface area contributed by atoms with Crippen molar-refractivity contribution >= 4 is 11.9 Å². The summed E-state index contributed by atoms with van der Waals surface area (Å²) in [6.07, 6.45) is -4.18. The first kappa shape index (κ1) is 36.2. The molecule has 4 aliphatic rings. The molecule has 0 aromatic rings. The summed E-state index contributed by atoms with van der Waals surface area (Å²) in [4.78, 5) is 13.2. The lowest BCUT2D eigenvalue weighted by Crippen LogP contribution is -2.69. The van der Waals surface area contributed by atoms with Gasteiger partial charge in [0.05, 0.1) is 37.6 Å². The molecule has 18 heteroatoms. The van der Waals surface area contributed by atoms with Crippen LogP contribution < -0.4 is 38.9 Å². The van der Waals surface area contributed by atoms with E-state index >= 15 is 0 Å². The third-order valence-corrected chi connectivity index (χ3v) is 8.68. The van der Waals surface area contributed by atoms with E-state index in [0.29, 0.717) is 43.8 Å². The van der Waals surface area contributed by atoms with Gasteiger partial charge >= 0.3 is 0 Å². The van der Waals surface area contributed by atoms with Gasteiger partial charge in [0.2, 0.25) is 6.29 Å². The highest BCUT2D eigenvalue weighted by atomic mass is 16.7. The second-order valence-corrected chi connectivity index (χ2v) is 12.5. The summed E-state index contributed by atoms with van der Waals surface area (Å²) in [5.74, 6) is -0.472. The third-order valence-electron chi connectivity index (χ3n) is 8.68. The Hall–Kier alpha value is -2.62. The van der Waals surface area contributed by atoms with Gasteiger partial charge < -0.3 is 83.4 Å². The van der Waals surface area contributed by atoms with Crippen molar-refractivity contribution in [1.29, 1.82) is 5.41 Å². The monoisotopic (exact) mass is 658 g/mol. The van der Waals surface area contributed by atoms with E-state index in [1.807, 2.05) is 0 Å². The lowest BCUT2D eigenvalue weighted by Gasteiger charge is -2.48. The minimum absolute atomic E-state index is 0.00528. The van der Waals surface area contributed by atoms with Crippen LogP contribution in [0, 0.1) is 5.41 Å². The first-order valence-corrected chi connectivity index (χ1v) is 15.5. The van der Waals surface area contributed by atoms with Crippen molar-refractivity contribution in [2.24, 2.45) is 22.9 Å². The van der Waals surface area contributed by atoms with Gasteiger partial charge in [0.1, 0.15) is 35.8 Å². The van der Waals surface area contributed by atoms with Crippen molar-refractivity contribution in [3.05, 3.63) is 23.7 Å². The number of nitrogens with one attached hydrogen (secondary N) is 4. The van der Waals surface area contributed by atoms with Gasteiger partial charge in [-0.1, -0.05) is 0 Å². The minimum atomic E-state index is -1.75. The zero-order valence-corrected chi connectivity index (χ0v) is 25.7. The van der Waals surface area contributed by atoms with E-state index in [0.717, 1.165) is 6.26 Å². The average molecular weight is 659 g/mol. The van der Waals surface area contributed by atoms with E-state index in [9.17, 15) is 30.3 Å². The molecule has 2 aliphatic heterocycles. The molecule has 2 heterocycles. The fourth-order valence-corrected chi connectivity index (χ4v) is 6.12. The summed E-state index contributed by atoms with van der Waals surface area (Å²) in [6.45, 7) is 0.930. The van der Waals surface area contributed by atoms with Gasteiger partial charge in [-0.05, 0) is 37.5 Å². The molecule has 0 radical (unpaired) electrons. The van der Waals surface area contributed by atoms with Crippen molar-refractivity contribution in [1.82, 2.24) is 16.0 Å². The normalized spacial score (nSPS) is 39.5. The van der Waals surface area contributed by atoms with Crippen molar-refractivity contribution in [3.63, 3.8) is 0 Å². The average Bonchev–Trinajstić information content (AvgIpc) is 2.98. The maximum Gasteiger partial charge on any atom is 0.252 e. The van der Waals surface area contributed by atoms with Crippen molar-refractivity contribution in [2.45, 2.75) is 111 Å². The number of rotatable bonds is 13. The first-order chi connectivity index (χ1) is 21.8. The number of carbonyl (C=O) groups is 1. The van der Waals surface area contributed by atoms with Crippen molar-refractivity contribution in [3.8, 4) is 0 Å². The molecule has 18 nitrogen and oxygen atoms in total. The Morgan fingerprint density at radius 2 is 1.89 bits per heavy atom. The van der Waals surface area contributed by atoms with Crippen LogP contribution in [0.15, 0.2) is 23.7 Å². The largest absolute Gasteiger partial charge is 0.516 e. The van der Waals surface area contributed by atoms with Gasteiger partial charge in [-0.25, -0.2) is 0 Å². The lowest BCUT2D eigenvalue weighted by atomic mass is 9.74. The van der Waals surface area contributed by atoms with E-state index in [4.69, 9.17) is 47.3 Å². The molecule has 2 saturated carbocycles. The Bertz CT molecular complexity index is 1110. The molecule has 0 spiro atoms. The molecule has 3 fully saturated rings. The maximum absolute atomic E-state index is 13.2. The van der Waals surface area contributed by atoms with Crippen molar-refractivity contribution < 1.29 is 49.3 Å². The summed E-state index contributed by atoms with van der Waals surface area (Å²) in [5, 5.41) is 68.2. The van der Waals surface area contributed by atoms with Gasteiger partial charge in [-0.15, -0.1) is 0 Å². The molecule has 17 N–H and O–H groups in total. The van der Waals surface area contributed by atoms with Crippen LogP contribution in [0.3, 0.4) is 0 Å². The lowest BCUT2D eigenvalue weighted by molar-refractivity contribution is -0.273. The number of amides is 1. The van der Waals surface area contributed by atoms with Crippen LogP contribution in [0.5, 0.6) is 0 Å². The molecule has 2 unspecified atom stereocenters. The summed E-state index contributed by atoms with van der Waals surface area (Å²) < 4.78 is 23.8. The Balaban J connectivity index is 1.44. The predicted octanol–water partition coefficient (Wildman–Crippen LogP) is -4.48. The summed E-state index contributed by atoms with van der Waals surface area (Å²) in [5.41, 5.74) is 22.3. The Morgan fingerprint density at radius 1 is 1.17 bits per heavy atom. The van der Waals surface area contributed by atoms with E-state index in [-0.39, 0.29) is 44.3 Å². The number of hydrogen-bond donors (Lipinski definition) is 13. The van der Waals surface area contributed by atoms with Gasteiger partial charge in [0.15, 0.2) is 12.2 Å². The summed E-state index contributed by atoms with van der Waals surface area (Å²) >= 11 is 0. The molecular formula is C28H50N8O10. The van der Waals surface area contributed by atoms with Crippen LogP contribution in [-0.4, -0.2) is 137 Å². The van der Waals surface area contributed by atoms with E-state index in [1.54, 1.807) is 6.08 Å². The molecule has 0 aromatic heterocycles. The zero-order valence-electron chi connectivity index (χ0n) is 25.7. The molecule has 0 aromatic carbocycles. The number of nitrogens with two attached hydrogens (primary N) is 4. The quantitative estimate of drug-likeness (QED) is 0.0504. The van der Waals surface area contributed by atoms with Crippen LogP contribution in [0.4, 0.5) is 0 Å². The second-order valence-electron chi connectivity index (χ2n) is 12.5. The zero-order chi connectivity index (χ0) is 33.6. The summed E-state index contributed by atoms with van der Waals surface area (Å²) in [7, 11) is 0. The summed E-state index contributed by atoms with van der Waals surface area (Å²) in [6, 6.07) is -2.74. The van der Waals surface area contributed by atoms with Gasteiger partial charge in [-0.2, -0.15) is 0 Å². The van der Waals surface area contributed by atoms with Crippen LogP contribution in [0.1, 0.15) is 38.5 Å². The molecule has 2 aliphatic carbocycles. The Morgan fingerprint density at radius 3 is 2.54 bits per heavy atom. The highest BCUT2D eigenvalue weighted by Crippen LogP contribution is 2.35. The fraction of sp³-hybridized carbons (Fsp3) is 0.786. The molecular weight excluding hydrogens is 608 g/mol. The van der Waals surface area contributed by atoms with Gasteiger partial charge in [0.25, 0.3) is 5.91 Å². The standard InChI is InChI=1S/C28H50N8O10/c29-4-3-15(38)9-34-10-16-1-2-17(30)24(44-16)45-22-18(31)6-19(36-26(41)28(42)7-14(8-28)35-27(32)33)23(21(22)40)46-25-20(39)5-13(11-37)12-43-25/h1,11,14-15,17-25,34,37-40,42H,2-10,12,29-31H2,(H,36,41)(H4,32,33,35)/b13-11+/t14?,15?,17-,18+,19-,20-,21+,22?,23+,24-,25-,28?/m1/s1. The second kappa shape index (κ2) is 16.0. The number of aliphatic hydroxyl groups excluding tert-OH is 4. The molecule has 4 rings (SSSR count). The first-order valence-electron chi connectivity index (χ1n) is 15.5. The minimum Gasteiger partial charge on any atom is -0.516 e. The van der Waals surface area contributed by atoms with E-state index < -0.39 is 72.7 Å². The maximum atomic E-state index is 13.2. The predicted molar refractivity (Wildman–Crippen MR) is 162 cm³/mol. The number of carbonyl (C=O) groups excluding carboxylic acids is 1. The highest BCUT2D eigenvalue weighted by Gasteiger charge is 2.53. The molecule has 46 heavy (non-hydrogen) atoms. The van der Waals surface area contributed by atoms with Crippen LogP contribution in [-0.2, 0) is 23.7 Å². The topological polar surface area (TPSA) is 319 Å². The SMILES string of the molecule is N=C(N)NC1CC(O)(C(=O)N[C@@H]2C[C@H](N)C(O[C@H]3OC(CNCC(O)CCN)=CC[C@H]3N)[C@H](O)[C@H]2O[C@H]2OC/C(=C/O)C[C@H]2O)C1. The smallest absolute Gasteiger partial charge is 0.252 e. The van der Waals surface area contributed by atoms with Crippen LogP contribution in [0.25, 0.3) is 0 Å². The van der Waals surface area contributed by atoms with Crippen LogP contribution in [0.2, 0.25) is 0 Å². The number of ether oxygens (including phenoxy) is 4. The fourth-order valence-electron chi connectivity index (χ4n) is 6.12. The van der Waals surface area contributed by atoms with Gasteiger partial charge in [0, 0.05) is 37.9 Å². The molecule has 10 atom stereocenters. The molecule has 262 valence electrons. The highest BCUT2D eigenvalue weighted by molar-refractivity contribution is 5.87. The third kappa shape index (κ3) is 9.04. The molecule has 1 amide bonds.